The molecule has 0 saturated carbocycles. The SMILES string of the molecule is CCc1cccc(CC)c1N=C(C)c1cccc(C(C)=Nc2c(CC)cccc2CC)n1. The van der Waals surface area contributed by atoms with E-state index in [1.807, 2.05) is 26.0 Å². The third-order valence-electron chi connectivity index (χ3n) is 5.98. The van der Waals surface area contributed by atoms with E-state index < -0.39 is 0 Å². The summed E-state index contributed by atoms with van der Waals surface area (Å²) in [6.07, 6.45) is 3.87. The van der Waals surface area contributed by atoms with Crippen LogP contribution in [0, 0.1) is 0 Å². The van der Waals surface area contributed by atoms with Crippen molar-refractivity contribution in [2.75, 3.05) is 0 Å². The van der Waals surface area contributed by atoms with Gasteiger partial charge < -0.3 is 0 Å². The van der Waals surface area contributed by atoms with Crippen molar-refractivity contribution in [3.05, 3.63) is 88.2 Å². The smallest absolute Gasteiger partial charge is 0.0849 e. The zero-order valence-electron chi connectivity index (χ0n) is 20.4. The minimum absolute atomic E-state index is 0.893. The Labute approximate surface area is 193 Å². The fourth-order valence-corrected chi connectivity index (χ4v) is 4.01. The highest BCUT2D eigenvalue weighted by molar-refractivity contribution is 6.02. The van der Waals surface area contributed by atoms with Crippen LogP contribution in [0.2, 0.25) is 0 Å². The maximum absolute atomic E-state index is 5.02. The van der Waals surface area contributed by atoms with Crippen molar-refractivity contribution in [2.24, 2.45) is 9.98 Å². The van der Waals surface area contributed by atoms with Gasteiger partial charge in [0.1, 0.15) is 0 Å². The highest BCUT2D eigenvalue weighted by Gasteiger charge is 2.10. The molecule has 0 atom stereocenters. The van der Waals surface area contributed by atoms with Gasteiger partial charge in [0.2, 0.25) is 0 Å². The molecule has 2 aromatic carbocycles. The zero-order valence-corrected chi connectivity index (χ0v) is 20.4. The summed E-state index contributed by atoms with van der Waals surface area (Å²) in [4.78, 5) is 15.0. The monoisotopic (exact) mass is 425 g/mol. The number of rotatable bonds is 8. The number of hydrogen-bond donors (Lipinski definition) is 0. The molecule has 0 spiro atoms. The normalized spacial score (nSPS) is 12.3. The third kappa shape index (κ3) is 5.21. The van der Waals surface area contributed by atoms with Crippen LogP contribution in [0.25, 0.3) is 0 Å². The Morgan fingerprint density at radius 1 is 0.562 bits per heavy atom. The number of nitrogens with zero attached hydrogens (tertiary/aromatic N) is 3. The molecule has 0 aliphatic heterocycles. The van der Waals surface area contributed by atoms with Gasteiger partial charge in [0.05, 0.1) is 34.2 Å². The van der Waals surface area contributed by atoms with Crippen LogP contribution >= 0.6 is 0 Å². The van der Waals surface area contributed by atoms with Gasteiger partial charge in [0, 0.05) is 0 Å². The predicted octanol–water partition coefficient (Wildman–Crippen LogP) is 7.61. The van der Waals surface area contributed by atoms with E-state index in [0.29, 0.717) is 0 Å². The van der Waals surface area contributed by atoms with Crippen LogP contribution in [0.1, 0.15) is 75.2 Å². The Hall–Kier alpha value is -3.07. The first-order valence-corrected chi connectivity index (χ1v) is 11.8. The molecule has 3 nitrogen and oxygen atoms in total. The van der Waals surface area contributed by atoms with Crippen LogP contribution < -0.4 is 0 Å². The molecule has 3 aromatic rings. The van der Waals surface area contributed by atoms with Crippen LogP contribution in [0.5, 0.6) is 0 Å². The molecule has 1 heterocycles. The number of aliphatic imine (C=N–C) groups is 2. The molecule has 0 aliphatic rings. The van der Waals surface area contributed by atoms with Gasteiger partial charge in [-0.1, -0.05) is 70.2 Å². The highest BCUT2D eigenvalue weighted by atomic mass is 14.8. The summed E-state index contributed by atoms with van der Waals surface area (Å²) in [5.41, 5.74) is 10.9. The summed E-state index contributed by atoms with van der Waals surface area (Å²) < 4.78 is 0. The van der Waals surface area contributed by atoms with Crippen molar-refractivity contribution >= 4 is 22.8 Å². The minimum Gasteiger partial charge on any atom is -0.251 e. The van der Waals surface area contributed by atoms with Crippen LogP contribution in [-0.2, 0) is 25.7 Å². The molecule has 0 saturated heterocycles. The number of para-hydroxylation sites is 2. The Balaban J connectivity index is 2.01. The predicted molar refractivity (Wildman–Crippen MR) is 138 cm³/mol. The molecular weight excluding hydrogens is 390 g/mol. The maximum Gasteiger partial charge on any atom is 0.0849 e. The molecule has 0 radical (unpaired) electrons. The molecule has 1 aromatic heterocycles. The fraction of sp³-hybridized carbons (Fsp3) is 0.345. The van der Waals surface area contributed by atoms with Gasteiger partial charge in [-0.05, 0) is 73.9 Å². The summed E-state index contributed by atoms with van der Waals surface area (Å²) in [6, 6.07) is 19.1. The quantitative estimate of drug-likeness (QED) is 0.342. The number of benzene rings is 2. The van der Waals surface area contributed by atoms with Gasteiger partial charge in [-0.15, -0.1) is 0 Å². The summed E-state index contributed by atoms with van der Waals surface area (Å²) in [7, 11) is 0. The first-order chi connectivity index (χ1) is 15.5. The second kappa shape index (κ2) is 11.0. The van der Waals surface area contributed by atoms with E-state index in [9.17, 15) is 0 Å². The van der Waals surface area contributed by atoms with Gasteiger partial charge in [-0.25, -0.2) is 4.98 Å². The van der Waals surface area contributed by atoms with Crippen LogP contribution in [0.4, 0.5) is 11.4 Å². The molecule has 166 valence electrons. The van der Waals surface area contributed by atoms with Gasteiger partial charge >= 0.3 is 0 Å². The summed E-state index contributed by atoms with van der Waals surface area (Å²) >= 11 is 0. The Morgan fingerprint density at radius 2 is 0.875 bits per heavy atom. The Kier molecular flexibility index (Phi) is 8.10. The average Bonchev–Trinajstić information content (AvgIpc) is 2.84. The van der Waals surface area contributed by atoms with Crippen molar-refractivity contribution in [1.82, 2.24) is 4.98 Å². The third-order valence-corrected chi connectivity index (χ3v) is 5.98. The second-order valence-corrected chi connectivity index (χ2v) is 8.07. The lowest BCUT2D eigenvalue weighted by molar-refractivity contribution is 1.08. The Morgan fingerprint density at radius 3 is 1.19 bits per heavy atom. The van der Waals surface area contributed by atoms with E-state index in [1.54, 1.807) is 0 Å². The summed E-state index contributed by atoms with van der Waals surface area (Å²) in [5, 5.41) is 0. The molecule has 3 heteroatoms. The van der Waals surface area contributed by atoms with Gasteiger partial charge in [-0.2, -0.15) is 0 Å². The van der Waals surface area contributed by atoms with Crippen molar-refractivity contribution in [3.63, 3.8) is 0 Å². The maximum atomic E-state index is 5.02. The van der Waals surface area contributed by atoms with Crippen LogP contribution in [-0.4, -0.2) is 16.4 Å². The standard InChI is InChI=1S/C29H35N3/c1-7-22-14-11-15-23(8-2)28(22)30-20(5)26-18-13-19-27(32-26)21(6)31-29-24(9-3)16-12-17-25(29)10-4/h11-19H,7-10H2,1-6H3. The van der Waals surface area contributed by atoms with Gasteiger partial charge in [0.15, 0.2) is 0 Å². The van der Waals surface area contributed by atoms with E-state index in [4.69, 9.17) is 15.0 Å². The highest BCUT2D eigenvalue weighted by Crippen LogP contribution is 2.28. The molecule has 0 aliphatic carbocycles. The lowest BCUT2D eigenvalue weighted by Crippen LogP contribution is -2.06. The van der Waals surface area contributed by atoms with Crippen molar-refractivity contribution in [3.8, 4) is 0 Å². The van der Waals surface area contributed by atoms with Crippen molar-refractivity contribution in [1.29, 1.82) is 0 Å². The summed E-state index contributed by atoms with van der Waals surface area (Å²) in [6.45, 7) is 12.8. The van der Waals surface area contributed by atoms with E-state index in [-0.39, 0.29) is 0 Å². The van der Waals surface area contributed by atoms with Crippen LogP contribution in [0.15, 0.2) is 64.6 Å². The second-order valence-electron chi connectivity index (χ2n) is 8.07. The zero-order chi connectivity index (χ0) is 23.1. The molecule has 0 amide bonds. The summed E-state index contributed by atoms with van der Waals surface area (Å²) in [5.74, 6) is 0. The first-order valence-electron chi connectivity index (χ1n) is 11.8. The first kappa shape index (κ1) is 23.6. The average molecular weight is 426 g/mol. The number of hydrogen-bond acceptors (Lipinski definition) is 3. The van der Waals surface area contributed by atoms with E-state index >= 15 is 0 Å². The number of aromatic nitrogens is 1. The van der Waals surface area contributed by atoms with E-state index in [1.165, 1.54) is 22.3 Å². The molecule has 0 unspecified atom stereocenters. The molecule has 0 N–H and O–H groups in total. The van der Waals surface area contributed by atoms with Crippen molar-refractivity contribution < 1.29 is 0 Å². The van der Waals surface area contributed by atoms with Crippen molar-refractivity contribution in [2.45, 2.75) is 67.2 Å². The minimum atomic E-state index is 0.893. The molecule has 0 bridgehead atoms. The topological polar surface area (TPSA) is 37.6 Å². The van der Waals surface area contributed by atoms with Gasteiger partial charge in [-0.3, -0.25) is 9.98 Å². The van der Waals surface area contributed by atoms with E-state index in [2.05, 4.69) is 70.2 Å². The molecule has 32 heavy (non-hydrogen) atoms. The molecular formula is C29H35N3. The lowest BCUT2D eigenvalue weighted by Gasteiger charge is -2.12. The van der Waals surface area contributed by atoms with E-state index in [0.717, 1.165) is 59.9 Å². The largest absolute Gasteiger partial charge is 0.251 e. The molecule has 0 fully saturated rings. The lowest BCUT2D eigenvalue weighted by atomic mass is 10.0. The Bertz CT molecular complexity index is 1010. The number of aryl methyl sites for hydroxylation is 4. The molecule has 3 rings (SSSR count). The fourth-order valence-electron chi connectivity index (χ4n) is 4.01. The van der Waals surface area contributed by atoms with Crippen LogP contribution in [0.3, 0.4) is 0 Å². The number of pyridine rings is 1. The van der Waals surface area contributed by atoms with Gasteiger partial charge in [0.25, 0.3) is 0 Å².